The Hall–Kier alpha value is -2.90. The van der Waals surface area contributed by atoms with Gasteiger partial charge in [-0.2, -0.15) is 0 Å². The molecule has 0 saturated carbocycles. The van der Waals surface area contributed by atoms with Crippen LogP contribution in [0.2, 0.25) is 0 Å². The van der Waals surface area contributed by atoms with Crippen molar-refractivity contribution >= 4 is 28.8 Å². The molecule has 156 valence electrons. The smallest absolute Gasteiger partial charge is 0.265 e. The highest BCUT2D eigenvalue weighted by molar-refractivity contribution is 7.12. The molecular formula is C23H25N3O3S. The highest BCUT2D eigenvalue weighted by Gasteiger charge is 2.25. The number of likely N-dealkylation sites (tertiary alicyclic amines) is 1. The second-order valence-electron chi connectivity index (χ2n) is 7.35. The number of amides is 2. The lowest BCUT2D eigenvalue weighted by molar-refractivity contribution is 0.0913. The molecule has 0 bridgehead atoms. The first-order valence-corrected chi connectivity index (χ1v) is 11.1. The van der Waals surface area contributed by atoms with E-state index < -0.39 is 0 Å². The molecule has 1 atom stereocenters. The molecule has 30 heavy (non-hydrogen) atoms. The summed E-state index contributed by atoms with van der Waals surface area (Å²) in [6, 6.07) is 14.5. The Labute approximate surface area is 179 Å². The van der Waals surface area contributed by atoms with Crippen molar-refractivity contribution in [1.82, 2.24) is 10.2 Å². The second kappa shape index (κ2) is 9.73. The molecule has 7 heteroatoms. The third kappa shape index (κ3) is 4.98. The average Bonchev–Trinajstić information content (AvgIpc) is 3.49. The van der Waals surface area contributed by atoms with E-state index in [0.29, 0.717) is 22.7 Å². The number of carbonyl (C=O) groups excluding carboxylic acids is 2. The molecule has 4 rings (SSSR count). The fourth-order valence-electron chi connectivity index (χ4n) is 3.75. The van der Waals surface area contributed by atoms with Crippen molar-refractivity contribution in [3.05, 3.63) is 76.4 Å². The highest BCUT2D eigenvalue weighted by atomic mass is 32.1. The SMILES string of the molecule is O=C(NCC(c1ccco1)N1CCCCC1)c1cccc(NC(=O)c2cccs2)c1. The van der Waals surface area contributed by atoms with Gasteiger partial charge >= 0.3 is 0 Å². The zero-order valence-corrected chi connectivity index (χ0v) is 17.5. The molecule has 2 aromatic heterocycles. The maximum Gasteiger partial charge on any atom is 0.265 e. The molecule has 0 aliphatic carbocycles. The molecule has 2 N–H and O–H groups in total. The van der Waals surface area contributed by atoms with Gasteiger partial charge in [-0.1, -0.05) is 18.6 Å². The summed E-state index contributed by atoms with van der Waals surface area (Å²) in [4.78, 5) is 28.1. The van der Waals surface area contributed by atoms with Crippen LogP contribution in [0.4, 0.5) is 5.69 Å². The number of hydrogen-bond acceptors (Lipinski definition) is 5. The Morgan fingerprint density at radius 3 is 2.63 bits per heavy atom. The summed E-state index contributed by atoms with van der Waals surface area (Å²) in [5.74, 6) is 0.524. The van der Waals surface area contributed by atoms with Gasteiger partial charge in [-0.05, 0) is 67.7 Å². The van der Waals surface area contributed by atoms with Crippen LogP contribution in [0.25, 0.3) is 0 Å². The molecule has 3 heterocycles. The summed E-state index contributed by atoms with van der Waals surface area (Å²) in [5, 5.41) is 7.75. The zero-order chi connectivity index (χ0) is 20.8. The van der Waals surface area contributed by atoms with Gasteiger partial charge in [0.05, 0.1) is 17.2 Å². The Kier molecular flexibility index (Phi) is 6.61. The number of piperidine rings is 1. The van der Waals surface area contributed by atoms with Gasteiger partial charge in [0, 0.05) is 17.8 Å². The molecule has 0 radical (unpaired) electrons. The fraction of sp³-hybridized carbons (Fsp3) is 0.304. The van der Waals surface area contributed by atoms with Crippen LogP contribution in [-0.4, -0.2) is 36.3 Å². The molecule has 0 spiro atoms. The molecule has 1 unspecified atom stereocenters. The third-order valence-corrected chi connectivity index (χ3v) is 6.16. The molecule has 1 aromatic carbocycles. The molecule has 1 fully saturated rings. The average molecular weight is 424 g/mol. The third-order valence-electron chi connectivity index (χ3n) is 5.29. The topological polar surface area (TPSA) is 74.6 Å². The van der Waals surface area contributed by atoms with E-state index in [-0.39, 0.29) is 17.9 Å². The van der Waals surface area contributed by atoms with Gasteiger partial charge < -0.3 is 15.1 Å². The molecule has 3 aromatic rings. The molecule has 1 aliphatic rings. The van der Waals surface area contributed by atoms with Crippen LogP contribution in [0.15, 0.2) is 64.6 Å². The van der Waals surface area contributed by atoms with Crippen LogP contribution in [0.3, 0.4) is 0 Å². The van der Waals surface area contributed by atoms with E-state index in [1.807, 2.05) is 23.6 Å². The first-order valence-electron chi connectivity index (χ1n) is 10.2. The number of nitrogens with one attached hydrogen (secondary N) is 2. The van der Waals surface area contributed by atoms with Gasteiger partial charge in [0.1, 0.15) is 5.76 Å². The van der Waals surface area contributed by atoms with Crippen LogP contribution in [0.5, 0.6) is 0 Å². The lowest BCUT2D eigenvalue weighted by Crippen LogP contribution is -2.40. The van der Waals surface area contributed by atoms with Crippen molar-refractivity contribution in [1.29, 1.82) is 0 Å². The molecule has 6 nitrogen and oxygen atoms in total. The van der Waals surface area contributed by atoms with Crippen LogP contribution in [0.1, 0.15) is 51.1 Å². The van der Waals surface area contributed by atoms with Crippen molar-refractivity contribution < 1.29 is 14.0 Å². The summed E-state index contributed by atoms with van der Waals surface area (Å²) in [6.07, 6.45) is 5.25. The van der Waals surface area contributed by atoms with Gasteiger partial charge in [-0.3, -0.25) is 14.5 Å². The quantitative estimate of drug-likeness (QED) is 0.585. The monoisotopic (exact) mass is 423 g/mol. The molecular weight excluding hydrogens is 398 g/mol. The Bertz CT molecular complexity index is 964. The Morgan fingerprint density at radius 2 is 1.90 bits per heavy atom. The van der Waals surface area contributed by atoms with Crippen LogP contribution < -0.4 is 10.6 Å². The van der Waals surface area contributed by atoms with Crippen molar-refractivity contribution in [3.8, 4) is 0 Å². The number of carbonyl (C=O) groups is 2. The summed E-state index contributed by atoms with van der Waals surface area (Å²) in [7, 11) is 0. The second-order valence-corrected chi connectivity index (χ2v) is 8.30. The minimum Gasteiger partial charge on any atom is -0.468 e. The standard InChI is InChI=1S/C23H25N3O3S/c27-22(17-7-4-8-18(15-17)25-23(28)21-10-6-14-30-21)24-16-19(20-9-5-13-29-20)26-11-2-1-3-12-26/h4-10,13-15,19H,1-3,11-12,16H2,(H,24,27)(H,25,28). The predicted molar refractivity (Wildman–Crippen MR) is 118 cm³/mol. The number of benzene rings is 1. The van der Waals surface area contributed by atoms with Crippen molar-refractivity contribution in [3.63, 3.8) is 0 Å². The number of thiophene rings is 1. The van der Waals surface area contributed by atoms with Gasteiger partial charge in [-0.15, -0.1) is 11.3 Å². The number of nitrogens with zero attached hydrogens (tertiary/aromatic N) is 1. The first-order chi connectivity index (χ1) is 14.7. The number of furan rings is 1. The molecule has 1 aliphatic heterocycles. The largest absolute Gasteiger partial charge is 0.468 e. The highest BCUT2D eigenvalue weighted by Crippen LogP contribution is 2.24. The van der Waals surface area contributed by atoms with Gasteiger partial charge in [0.25, 0.3) is 11.8 Å². The summed E-state index contributed by atoms with van der Waals surface area (Å²) >= 11 is 1.38. The predicted octanol–water partition coefficient (Wildman–Crippen LogP) is 4.55. The van der Waals surface area contributed by atoms with Crippen LogP contribution >= 0.6 is 11.3 Å². The summed E-state index contributed by atoms with van der Waals surface area (Å²) < 4.78 is 5.65. The van der Waals surface area contributed by atoms with Crippen molar-refractivity contribution in [2.45, 2.75) is 25.3 Å². The maximum atomic E-state index is 12.8. The number of anilines is 1. The summed E-state index contributed by atoms with van der Waals surface area (Å²) in [5.41, 5.74) is 1.11. The van der Waals surface area contributed by atoms with E-state index in [1.165, 1.54) is 17.8 Å². The molecule has 1 saturated heterocycles. The minimum absolute atomic E-state index is 0.0194. The van der Waals surface area contributed by atoms with E-state index in [0.717, 1.165) is 31.7 Å². The van der Waals surface area contributed by atoms with Gasteiger partial charge in [0.2, 0.25) is 0 Å². The van der Waals surface area contributed by atoms with Gasteiger partial charge in [-0.25, -0.2) is 0 Å². The lowest BCUT2D eigenvalue weighted by Gasteiger charge is -2.33. The Morgan fingerprint density at radius 1 is 1.03 bits per heavy atom. The minimum atomic E-state index is -0.175. The van der Waals surface area contributed by atoms with Crippen molar-refractivity contribution in [2.24, 2.45) is 0 Å². The van der Waals surface area contributed by atoms with Gasteiger partial charge in [0.15, 0.2) is 0 Å². The van der Waals surface area contributed by atoms with E-state index >= 15 is 0 Å². The molecule has 2 amide bonds. The zero-order valence-electron chi connectivity index (χ0n) is 16.7. The summed E-state index contributed by atoms with van der Waals surface area (Å²) in [6.45, 7) is 2.48. The van der Waals surface area contributed by atoms with E-state index in [9.17, 15) is 9.59 Å². The van der Waals surface area contributed by atoms with E-state index in [4.69, 9.17) is 4.42 Å². The van der Waals surface area contributed by atoms with E-state index in [2.05, 4.69) is 15.5 Å². The maximum absolute atomic E-state index is 12.8. The Balaban J connectivity index is 1.40. The van der Waals surface area contributed by atoms with E-state index in [1.54, 1.807) is 36.6 Å². The fourth-order valence-corrected chi connectivity index (χ4v) is 4.37. The first kappa shape index (κ1) is 20.4. The number of rotatable bonds is 7. The van der Waals surface area contributed by atoms with Crippen LogP contribution in [0, 0.1) is 0 Å². The number of hydrogen-bond donors (Lipinski definition) is 2. The lowest BCUT2D eigenvalue weighted by atomic mass is 10.1. The normalized spacial score (nSPS) is 15.5. The van der Waals surface area contributed by atoms with Crippen molar-refractivity contribution in [2.75, 3.05) is 25.0 Å². The van der Waals surface area contributed by atoms with Crippen LogP contribution in [-0.2, 0) is 0 Å².